The van der Waals surface area contributed by atoms with Crippen LogP contribution in [0, 0.1) is 12.8 Å². The van der Waals surface area contributed by atoms with E-state index in [1.54, 1.807) is 10.9 Å². The maximum atomic E-state index is 12.6. The number of aryl methyl sites for hydroxylation is 1. The summed E-state index contributed by atoms with van der Waals surface area (Å²) in [5, 5.41) is 11.2. The number of rotatable bonds is 9. The van der Waals surface area contributed by atoms with Crippen molar-refractivity contribution >= 4 is 24.5 Å². The Hall–Kier alpha value is -3.82. The second-order valence-electron chi connectivity index (χ2n) is 9.79. The Labute approximate surface area is 223 Å². The zero-order valence-corrected chi connectivity index (χ0v) is 21.7. The number of aliphatic imine (C=N–C) groups is 2. The van der Waals surface area contributed by atoms with Crippen LogP contribution in [0.2, 0.25) is 0 Å². The molecule has 1 aliphatic carbocycles. The largest absolute Gasteiger partial charge is 0.424 e. The van der Waals surface area contributed by atoms with Gasteiger partial charge in [-0.1, -0.05) is 30.3 Å². The number of hydrogen-bond acceptors (Lipinski definition) is 6. The SMILES string of the molecule is C=NC(=Nc1c(-c2ccc(C(=O)NC3CC3)c(C)c2)cnn1CNCC1CCOCC1)Oc1ccccc1. The molecule has 0 radical (unpaired) electrons. The van der Waals surface area contributed by atoms with E-state index >= 15 is 0 Å². The van der Waals surface area contributed by atoms with Crippen molar-refractivity contribution in [3.63, 3.8) is 0 Å². The number of amidine groups is 1. The quantitative estimate of drug-likeness (QED) is 0.324. The van der Waals surface area contributed by atoms with Gasteiger partial charge >= 0.3 is 6.02 Å². The van der Waals surface area contributed by atoms with Crippen molar-refractivity contribution < 1.29 is 14.3 Å². The van der Waals surface area contributed by atoms with Crippen molar-refractivity contribution in [2.45, 2.75) is 45.3 Å². The van der Waals surface area contributed by atoms with E-state index in [0.717, 1.165) is 62.1 Å². The van der Waals surface area contributed by atoms with E-state index in [4.69, 9.17) is 14.5 Å². The number of carbonyl (C=O) groups excluding carboxylic acids is 1. The van der Waals surface area contributed by atoms with Gasteiger partial charge < -0.3 is 14.8 Å². The van der Waals surface area contributed by atoms with Crippen LogP contribution in [0.25, 0.3) is 11.1 Å². The lowest BCUT2D eigenvalue weighted by atomic mass is 10.0. The smallest absolute Gasteiger partial charge is 0.323 e. The number of nitrogens with one attached hydrogen (secondary N) is 2. The minimum atomic E-state index is -0.0304. The standard InChI is InChI=1S/C29H34N6O3/c1-20-16-22(8-11-25(20)28(36)33-23-9-10-23)26-18-32-35(19-31-17-21-12-14-37-15-13-21)27(26)34-29(30-2)38-24-6-4-3-5-7-24/h3-8,11,16,18,21,23,31H,2,9-10,12-15,17,19H2,1H3,(H,33,36). The Morgan fingerprint density at radius 2 is 1.95 bits per heavy atom. The van der Waals surface area contributed by atoms with E-state index in [0.29, 0.717) is 35.8 Å². The highest BCUT2D eigenvalue weighted by Gasteiger charge is 2.25. The zero-order valence-electron chi connectivity index (χ0n) is 21.7. The first-order valence-corrected chi connectivity index (χ1v) is 13.1. The van der Waals surface area contributed by atoms with Crippen molar-refractivity contribution in [1.29, 1.82) is 0 Å². The molecule has 2 aromatic carbocycles. The molecule has 2 fully saturated rings. The average molecular weight is 515 g/mol. The predicted octanol–water partition coefficient (Wildman–Crippen LogP) is 4.49. The summed E-state index contributed by atoms with van der Waals surface area (Å²) in [7, 11) is 0. The van der Waals surface area contributed by atoms with Gasteiger partial charge in [0.05, 0.1) is 12.9 Å². The topological polar surface area (TPSA) is 102 Å². The second kappa shape index (κ2) is 12.1. The van der Waals surface area contributed by atoms with Crippen molar-refractivity contribution in [2.24, 2.45) is 15.9 Å². The summed E-state index contributed by atoms with van der Waals surface area (Å²) >= 11 is 0. The molecular weight excluding hydrogens is 480 g/mol. The maximum Gasteiger partial charge on any atom is 0.323 e. The Morgan fingerprint density at radius 1 is 1.16 bits per heavy atom. The van der Waals surface area contributed by atoms with E-state index in [1.807, 2.05) is 55.5 Å². The lowest BCUT2D eigenvalue weighted by molar-refractivity contribution is 0.0657. The molecular formula is C29H34N6O3. The number of aromatic nitrogens is 2. The van der Waals surface area contributed by atoms with Gasteiger partial charge in [-0.25, -0.2) is 9.67 Å². The monoisotopic (exact) mass is 514 g/mol. The summed E-state index contributed by atoms with van der Waals surface area (Å²) in [6.07, 6.45) is 6.00. The molecule has 3 aromatic rings. The van der Waals surface area contributed by atoms with Crippen molar-refractivity contribution in [3.05, 3.63) is 65.9 Å². The molecule has 2 N–H and O–H groups in total. The molecule has 5 rings (SSSR count). The Kier molecular flexibility index (Phi) is 8.25. The van der Waals surface area contributed by atoms with E-state index in [9.17, 15) is 4.79 Å². The number of amides is 1. The Morgan fingerprint density at radius 3 is 2.66 bits per heavy atom. The molecule has 1 aliphatic heterocycles. The van der Waals surface area contributed by atoms with E-state index in [1.165, 1.54) is 0 Å². The summed E-state index contributed by atoms with van der Waals surface area (Å²) in [5.41, 5.74) is 3.29. The van der Waals surface area contributed by atoms with Gasteiger partial charge in [0.1, 0.15) is 5.75 Å². The Balaban J connectivity index is 1.42. The number of benzene rings is 2. The van der Waals surface area contributed by atoms with Gasteiger partial charge in [0, 0.05) is 30.4 Å². The summed E-state index contributed by atoms with van der Waals surface area (Å²) in [6, 6.07) is 15.6. The minimum absolute atomic E-state index is 0.0304. The van der Waals surface area contributed by atoms with Gasteiger partial charge in [-0.05, 0) is 81.1 Å². The highest BCUT2D eigenvalue weighted by Crippen LogP contribution is 2.32. The van der Waals surface area contributed by atoms with Crippen LogP contribution >= 0.6 is 0 Å². The van der Waals surface area contributed by atoms with Crippen LogP contribution < -0.4 is 15.4 Å². The van der Waals surface area contributed by atoms with Crippen LogP contribution in [0.1, 0.15) is 41.6 Å². The molecule has 38 heavy (non-hydrogen) atoms. The normalized spacial score (nSPS) is 16.3. The third-order valence-corrected chi connectivity index (χ3v) is 6.83. The number of nitrogens with zero attached hydrogens (tertiary/aromatic N) is 4. The minimum Gasteiger partial charge on any atom is -0.424 e. The first-order valence-electron chi connectivity index (χ1n) is 13.1. The molecule has 2 aliphatic rings. The summed E-state index contributed by atoms with van der Waals surface area (Å²) in [4.78, 5) is 21.4. The molecule has 9 heteroatoms. The molecule has 0 atom stereocenters. The molecule has 9 nitrogen and oxygen atoms in total. The molecule has 2 heterocycles. The van der Waals surface area contributed by atoms with Gasteiger partial charge in [-0.3, -0.25) is 10.1 Å². The molecule has 1 aromatic heterocycles. The highest BCUT2D eigenvalue weighted by atomic mass is 16.5. The van der Waals surface area contributed by atoms with Crippen LogP contribution in [0.15, 0.2) is 64.7 Å². The maximum absolute atomic E-state index is 12.6. The van der Waals surface area contributed by atoms with Crippen molar-refractivity contribution in [3.8, 4) is 16.9 Å². The fourth-order valence-corrected chi connectivity index (χ4v) is 4.49. The first-order chi connectivity index (χ1) is 18.6. The highest BCUT2D eigenvalue weighted by molar-refractivity contribution is 5.97. The molecule has 1 amide bonds. The van der Waals surface area contributed by atoms with Gasteiger partial charge in [-0.15, -0.1) is 0 Å². The molecule has 198 valence electrons. The summed E-state index contributed by atoms with van der Waals surface area (Å²) in [5.74, 6) is 1.76. The molecule has 0 unspecified atom stereocenters. The van der Waals surface area contributed by atoms with Gasteiger partial charge in [0.2, 0.25) is 0 Å². The van der Waals surface area contributed by atoms with Crippen molar-refractivity contribution in [2.75, 3.05) is 19.8 Å². The van der Waals surface area contributed by atoms with Gasteiger partial charge in [-0.2, -0.15) is 10.1 Å². The van der Waals surface area contributed by atoms with Crippen LogP contribution in [0.5, 0.6) is 5.75 Å². The molecule has 0 spiro atoms. The number of ether oxygens (including phenoxy) is 2. The summed E-state index contributed by atoms with van der Waals surface area (Å²) in [6.45, 7) is 8.59. The summed E-state index contributed by atoms with van der Waals surface area (Å²) < 4.78 is 13.2. The molecule has 1 saturated heterocycles. The fraction of sp³-hybridized carbons (Fsp3) is 0.379. The third kappa shape index (κ3) is 6.54. The molecule has 1 saturated carbocycles. The van der Waals surface area contributed by atoms with Crippen LogP contribution in [-0.4, -0.2) is 54.2 Å². The average Bonchev–Trinajstić information content (AvgIpc) is 3.67. The predicted molar refractivity (Wildman–Crippen MR) is 148 cm³/mol. The van der Waals surface area contributed by atoms with Crippen molar-refractivity contribution in [1.82, 2.24) is 20.4 Å². The number of para-hydroxylation sites is 1. The van der Waals surface area contributed by atoms with Crippen LogP contribution in [-0.2, 0) is 11.4 Å². The lowest BCUT2D eigenvalue weighted by Gasteiger charge is -2.22. The lowest BCUT2D eigenvalue weighted by Crippen LogP contribution is -2.29. The second-order valence-corrected chi connectivity index (χ2v) is 9.79. The zero-order chi connectivity index (χ0) is 26.3. The van der Waals surface area contributed by atoms with E-state index in [2.05, 4.69) is 27.4 Å². The number of hydrogen-bond donors (Lipinski definition) is 2. The van der Waals surface area contributed by atoms with Gasteiger partial charge in [0.15, 0.2) is 5.82 Å². The Bertz CT molecular complexity index is 1290. The van der Waals surface area contributed by atoms with Gasteiger partial charge in [0.25, 0.3) is 5.91 Å². The fourth-order valence-electron chi connectivity index (χ4n) is 4.49. The van der Waals surface area contributed by atoms with E-state index < -0.39 is 0 Å². The third-order valence-electron chi connectivity index (χ3n) is 6.83. The van der Waals surface area contributed by atoms with Crippen LogP contribution in [0.4, 0.5) is 5.82 Å². The van der Waals surface area contributed by atoms with E-state index in [-0.39, 0.29) is 11.9 Å². The number of carbonyl (C=O) groups is 1. The first kappa shape index (κ1) is 25.8. The molecule has 0 bridgehead atoms. The van der Waals surface area contributed by atoms with Crippen LogP contribution in [0.3, 0.4) is 0 Å².